The number of carbonyl (C=O) groups excluding carboxylic acids is 1. The van der Waals surface area contributed by atoms with E-state index in [-0.39, 0.29) is 17.7 Å². The zero-order chi connectivity index (χ0) is 17.2. The van der Waals surface area contributed by atoms with Gasteiger partial charge in [0.1, 0.15) is 0 Å². The Morgan fingerprint density at radius 3 is 2.50 bits per heavy atom. The van der Waals surface area contributed by atoms with E-state index in [0.717, 1.165) is 25.7 Å². The van der Waals surface area contributed by atoms with E-state index in [1.165, 1.54) is 0 Å². The molecule has 0 radical (unpaired) electrons. The van der Waals surface area contributed by atoms with Gasteiger partial charge >= 0.3 is 0 Å². The first-order chi connectivity index (χ1) is 11.5. The summed E-state index contributed by atoms with van der Waals surface area (Å²) in [6, 6.07) is 8.99. The van der Waals surface area contributed by atoms with Crippen LogP contribution >= 0.6 is 0 Å². The summed E-state index contributed by atoms with van der Waals surface area (Å²) in [5.74, 6) is 0.637. The number of benzene rings is 1. The lowest BCUT2D eigenvalue weighted by Gasteiger charge is -2.37. The van der Waals surface area contributed by atoms with Gasteiger partial charge in [0.05, 0.1) is 4.90 Å². The van der Waals surface area contributed by atoms with Crippen molar-refractivity contribution in [3.63, 3.8) is 0 Å². The van der Waals surface area contributed by atoms with E-state index in [2.05, 4.69) is 12.2 Å². The van der Waals surface area contributed by atoms with Crippen LogP contribution in [0.1, 0.15) is 39.0 Å². The van der Waals surface area contributed by atoms with Gasteiger partial charge in [-0.05, 0) is 43.2 Å². The zero-order valence-corrected chi connectivity index (χ0v) is 15.0. The largest absolute Gasteiger partial charge is 0.353 e. The van der Waals surface area contributed by atoms with Crippen molar-refractivity contribution >= 4 is 15.9 Å². The van der Waals surface area contributed by atoms with Crippen molar-refractivity contribution in [3.8, 4) is 0 Å². The molecular weight excluding hydrogens is 324 g/mol. The van der Waals surface area contributed by atoms with Gasteiger partial charge in [-0.3, -0.25) is 4.79 Å². The molecule has 24 heavy (non-hydrogen) atoms. The monoisotopic (exact) mass is 350 g/mol. The molecule has 5 nitrogen and oxygen atoms in total. The van der Waals surface area contributed by atoms with Crippen LogP contribution in [0.4, 0.5) is 0 Å². The van der Waals surface area contributed by atoms with E-state index in [1.54, 1.807) is 28.6 Å². The van der Waals surface area contributed by atoms with Crippen LogP contribution in [-0.2, 0) is 14.8 Å². The predicted molar refractivity (Wildman–Crippen MR) is 92.9 cm³/mol. The van der Waals surface area contributed by atoms with Crippen molar-refractivity contribution in [2.24, 2.45) is 11.8 Å². The number of hydrogen-bond acceptors (Lipinski definition) is 3. The normalized spacial score (nSPS) is 25.4. The van der Waals surface area contributed by atoms with Gasteiger partial charge in [-0.15, -0.1) is 0 Å². The highest BCUT2D eigenvalue weighted by atomic mass is 32.2. The summed E-state index contributed by atoms with van der Waals surface area (Å²) in [4.78, 5) is 12.4. The fraction of sp³-hybridized carbons (Fsp3) is 0.611. The first-order valence-electron chi connectivity index (χ1n) is 8.85. The van der Waals surface area contributed by atoms with E-state index in [9.17, 15) is 13.2 Å². The third-order valence-electron chi connectivity index (χ3n) is 5.15. The van der Waals surface area contributed by atoms with E-state index in [4.69, 9.17) is 0 Å². The Bertz CT molecular complexity index is 671. The number of rotatable bonds is 6. The lowest BCUT2D eigenvalue weighted by molar-refractivity contribution is -0.122. The molecule has 1 aromatic rings. The van der Waals surface area contributed by atoms with Crippen LogP contribution in [0.2, 0.25) is 0 Å². The van der Waals surface area contributed by atoms with Crippen LogP contribution in [0.25, 0.3) is 0 Å². The number of sulfonamides is 1. The van der Waals surface area contributed by atoms with Gasteiger partial charge in [0.15, 0.2) is 0 Å². The quantitative estimate of drug-likeness (QED) is 0.857. The Kier molecular flexibility index (Phi) is 5.25. The Morgan fingerprint density at radius 1 is 1.17 bits per heavy atom. The summed E-state index contributed by atoms with van der Waals surface area (Å²) >= 11 is 0. The third kappa shape index (κ3) is 3.98. The summed E-state index contributed by atoms with van der Waals surface area (Å²) in [5.41, 5.74) is 0. The Labute approximate surface area is 144 Å². The minimum absolute atomic E-state index is 0.125. The molecule has 132 valence electrons. The van der Waals surface area contributed by atoms with Crippen molar-refractivity contribution in [2.75, 3.05) is 13.1 Å². The molecule has 6 heteroatoms. The number of nitrogens with zero attached hydrogens (tertiary/aromatic N) is 1. The van der Waals surface area contributed by atoms with E-state index >= 15 is 0 Å². The van der Waals surface area contributed by atoms with Gasteiger partial charge in [0, 0.05) is 25.6 Å². The molecule has 2 atom stereocenters. The van der Waals surface area contributed by atoms with Crippen molar-refractivity contribution in [1.29, 1.82) is 0 Å². The van der Waals surface area contributed by atoms with Gasteiger partial charge in [-0.2, -0.15) is 4.31 Å². The second-order valence-corrected chi connectivity index (χ2v) is 8.88. The number of piperidine rings is 1. The van der Waals surface area contributed by atoms with Gasteiger partial charge in [-0.1, -0.05) is 31.5 Å². The number of nitrogens with one attached hydrogen (secondary N) is 1. The highest BCUT2D eigenvalue weighted by molar-refractivity contribution is 7.89. The molecule has 1 aliphatic heterocycles. The van der Waals surface area contributed by atoms with Crippen LogP contribution in [0.3, 0.4) is 0 Å². The molecule has 2 aliphatic rings. The molecule has 1 saturated heterocycles. The van der Waals surface area contributed by atoms with Crippen molar-refractivity contribution < 1.29 is 13.2 Å². The van der Waals surface area contributed by atoms with Crippen molar-refractivity contribution in [2.45, 2.75) is 50.0 Å². The van der Waals surface area contributed by atoms with Gasteiger partial charge < -0.3 is 5.32 Å². The molecule has 0 bridgehead atoms. The molecule has 0 spiro atoms. The minimum Gasteiger partial charge on any atom is -0.353 e. The third-order valence-corrected chi connectivity index (χ3v) is 7.03. The molecule has 1 amide bonds. The summed E-state index contributed by atoms with van der Waals surface area (Å²) in [6.45, 7) is 3.08. The molecule has 0 unspecified atom stereocenters. The number of amides is 1. The zero-order valence-electron chi connectivity index (χ0n) is 14.1. The standard InChI is InChI=1S/C18H26N2O3S/c1-2-14-13-20(24(22,23)17-6-4-3-5-7-17)11-10-15(14)12-18(21)19-16-8-9-16/h3-7,14-16H,2,8-13H2,1H3,(H,19,21)/t14-,15-/m0/s1. The maximum atomic E-state index is 12.8. The maximum Gasteiger partial charge on any atom is 0.243 e. The Balaban J connectivity index is 1.64. The topological polar surface area (TPSA) is 66.5 Å². The molecule has 1 aliphatic carbocycles. The molecule has 1 saturated carbocycles. The summed E-state index contributed by atoms with van der Waals surface area (Å²) < 4.78 is 27.1. The lowest BCUT2D eigenvalue weighted by Crippen LogP contribution is -2.44. The van der Waals surface area contributed by atoms with Gasteiger partial charge in [0.25, 0.3) is 0 Å². The Morgan fingerprint density at radius 2 is 1.88 bits per heavy atom. The molecule has 1 N–H and O–H groups in total. The number of hydrogen-bond donors (Lipinski definition) is 1. The average molecular weight is 350 g/mol. The van der Waals surface area contributed by atoms with Crippen LogP contribution in [0.15, 0.2) is 35.2 Å². The highest BCUT2D eigenvalue weighted by Gasteiger charge is 2.36. The lowest BCUT2D eigenvalue weighted by atomic mass is 9.82. The van der Waals surface area contributed by atoms with E-state index in [1.807, 2.05) is 6.07 Å². The van der Waals surface area contributed by atoms with Gasteiger partial charge in [0.2, 0.25) is 15.9 Å². The minimum atomic E-state index is -3.43. The summed E-state index contributed by atoms with van der Waals surface area (Å²) in [7, 11) is -3.43. The molecule has 1 aromatic carbocycles. The van der Waals surface area contributed by atoms with Crippen molar-refractivity contribution in [3.05, 3.63) is 30.3 Å². The predicted octanol–water partition coefficient (Wildman–Crippen LogP) is 2.39. The fourth-order valence-electron chi connectivity index (χ4n) is 3.49. The van der Waals surface area contributed by atoms with Crippen LogP contribution < -0.4 is 5.32 Å². The maximum absolute atomic E-state index is 12.8. The van der Waals surface area contributed by atoms with E-state index in [0.29, 0.717) is 30.4 Å². The molecular formula is C18H26N2O3S. The molecule has 2 fully saturated rings. The summed E-state index contributed by atoms with van der Waals surface area (Å²) in [5, 5.41) is 3.04. The second-order valence-electron chi connectivity index (χ2n) is 6.94. The number of carbonyl (C=O) groups is 1. The SMILES string of the molecule is CC[C@H]1CN(S(=O)(=O)c2ccccc2)CC[C@H]1CC(=O)NC1CC1. The smallest absolute Gasteiger partial charge is 0.243 e. The molecule has 0 aromatic heterocycles. The fourth-order valence-corrected chi connectivity index (χ4v) is 5.02. The van der Waals surface area contributed by atoms with Gasteiger partial charge in [-0.25, -0.2) is 8.42 Å². The first-order valence-corrected chi connectivity index (χ1v) is 10.3. The van der Waals surface area contributed by atoms with Crippen LogP contribution in [0.5, 0.6) is 0 Å². The first kappa shape index (κ1) is 17.4. The van der Waals surface area contributed by atoms with E-state index < -0.39 is 10.0 Å². The molecule has 3 rings (SSSR count). The molecule has 1 heterocycles. The van der Waals surface area contributed by atoms with Crippen LogP contribution in [0, 0.1) is 11.8 Å². The second kappa shape index (κ2) is 7.23. The Hall–Kier alpha value is -1.40. The van der Waals surface area contributed by atoms with Crippen molar-refractivity contribution in [1.82, 2.24) is 9.62 Å². The summed E-state index contributed by atoms with van der Waals surface area (Å²) in [6.07, 6.45) is 4.35. The van der Waals surface area contributed by atoms with Crippen LogP contribution in [-0.4, -0.2) is 37.8 Å². The average Bonchev–Trinajstić information content (AvgIpc) is 3.39. The highest BCUT2D eigenvalue weighted by Crippen LogP contribution is 2.32.